The summed E-state index contributed by atoms with van der Waals surface area (Å²) in [6, 6.07) is 20.5. The maximum atomic E-state index is 13.9. The lowest BCUT2D eigenvalue weighted by Gasteiger charge is -2.63. The summed E-state index contributed by atoms with van der Waals surface area (Å²) < 4.78 is 19.4. The Morgan fingerprint density at radius 1 is 0.810 bits per heavy atom. The van der Waals surface area contributed by atoms with Crippen LogP contribution in [0.1, 0.15) is 88.8 Å². The van der Waals surface area contributed by atoms with Gasteiger partial charge >= 0.3 is 5.97 Å². The number of morpholine rings is 1. The zero-order valence-corrected chi connectivity index (χ0v) is 25.4. The Hall–Kier alpha value is -2.21. The largest absolute Gasteiger partial charge is 0.456 e. The van der Waals surface area contributed by atoms with Crippen LogP contribution >= 0.6 is 0 Å². The average molecular weight is 570 g/mol. The van der Waals surface area contributed by atoms with E-state index in [1.165, 1.54) is 37.7 Å². The number of carbonyl (C=O) groups is 1. The molecule has 2 aromatic carbocycles. The van der Waals surface area contributed by atoms with Crippen LogP contribution in [-0.4, -0.2) is 42.0 Å². The van der Waals surface area contributed by atoms with Gasteiger partial charge in [0.25, 0.3) is 0 Å². The Balaban J connectivity index is 1.05. The molecule has 0 radical (unpaired) electrons. The van der Waals surface area contributed by atoms with Crippen LogP contribution in [0.25, 0.3) is 0 Å². The fraction of sp³-hybridized carbons (Fsp3) is 0.649. The van der Waals surface area contributed by atoms with Crippen LogP contribution < -0.4 is 0 Å². The van der Waals surface area contributed by atoms with Gasteiger partial charge in [-0.25, -0.2) is 4.79 Å². The smallest absolute Gasteiger partial charge is 0.328 e. The number of esters is 1. The van der Waals surface area contributed by atoms with Gasteiger partial charge in [0.05, 0.1) is 13.2 Å². The molecule has 8 atom stereocenters. The fourth-order valence-corrected chi connectivity index (χ4v) is 11.3. The highest BCUT2D eigenvalue weighted by Gasteiger charge is 2.68. The van der Waals surface area contributed by atoms with Crippen molar-refractivity contribution in [2.45, 2.75) is 95.6 Å². The minimum atomic E-state index is -0.389. The van der Waals surface area contributed by atoms with E-state index < -0.39 is 0 Å². The molecule has 6 aliphatic rings. The number of hydrogen-bond acceptors (Lipinski definition) is 5. The monoisotopic (exact) mass is 569 g/mol. The molecule has 42 heavy (non-hydrogen) atoms. The predicted molar refractivity (Wildman–Crippen MR) is 161 cm³/mol. The van der Waals surface area contributed by atoms with E-state index in [9.17, 15) is 4.79 Å². The van der Waals surface area contributed by atoms with Gasteiger partial charge in [-0.05, 0) is 91.6 Å². The molecule has 2 aromatic rings. The topological polar surface area (TPSA) is 48.0 Å². The second kappa shape index (κ2) is 9.90. The Morgan fingerprint density at radius 3 is 2.29 bits per heavy atom. The van der Waals surface area contributed by atoms with Crippen molar-refractivity contribution in [3.05, 3.63) is 71.8 Å². The molecule has 4 aliphatic carbocycles. The summed E-state index contributed by atoms with van der Waals surface area (Å²) in [6.45, 7) is 8.17. The van der Waals surface area contributed by atoms with Gasteiger partial charge in [0.1, 0.15) is 11.6 Å². The number of fused-ring (bicyclic) bond motifs is 6. The molecule has 8 rings (SSSR count). The van der Waals surface area contributed by atoms with Crippen molar-refractivity contribution >= 4 is 5.97 Å². The quantitative estimate of drug-likeness (QED) is 0.363. The van der Waals surface area contributed by atoms with Crippen LogP contribution in [-0.2, 0) is 25.5 Å². The molecule has 2 spiro atoms. The molecule has 5 nitrogen and oxygen atoms in total. The molecule has 2 heterocycles. The molecule has 2 saturated heterocycles. The highest BCUT2D eigenvalue weighted by Crippen LogP contribution is 2.70. The zero-order chi connectivity index (χ0) is 28.6. The summed E-state index contributed by atoms with van der Waals surface area (Å²) in [5.41, 5.74) is 2.35. The van der Waals surface area contributed by atoms with Crippen LogP contribution in [0.4, 0.5) is 0 Å². The third-order valence-corrected chi connectivity index (χ3v) is 13.3. The molecule has 1 unspecified atom stereocenters. The Bertz CT molecular complexity index is 1310. The maximum Gasteiger partial charge on any atom is 0.328 e. The maximum absolute atomic E-state index is 13.9. The van der Waals surface area contributed by atoms with Crippen LogP contribution in [0.5, 0.6) is 0 Å². The number of nitrogens with zero attached hydrogens (tertiary/aromatic N) is 1. The molecule has 2 aliphatic heterocycles. The molecule has 0 aromatic heterocycles. The number of benzene rings is 2. The lowest BCUT2D eigenvalue weighted by Crippen LogP contribution is -2.62. The number of hydrogen-bond donors (Lipinski definition) is 0. The van der Waals surface area contributed by atoms with Crippen molar-refractivity contribution in [1.29, 1.82) is 0 Å². The van der Waals surface area contributed by atoms with Crippen LogP contribution in [0.2, 0.25) is 0 Å². The Kier molecular flexibility index (Phi) is 6.45. The lowest BCUT2D eigenvalue weighted by atomic mass is 9.44. The molecule has 0 amide bonds. The second-order valence-corrected chi connectivity index (χ2v) is 15.1. The number of carbonyl (C=O) groups excluding carboxylic acids is 1. The standard InChI is InChI=1S/C37H47NO4/c1-34-19-20-36(25-38(24-26-9-5-3-6-10-26)32(33(39)42-36)27-11-7-4-8-12-27)23-28(34)13-14-29-30(34)15-17-35(2)31(29)16-18-37(35)40-21-22-41-37/h3-12,28-32H,13-25H2,1-2H3/t28-,29+,30-,31?,32+,34-,35-,36+/m0/s1. The fourth-order valence-electron chi connectivity index (χ4n) is 11.3. The van der Waals surface area contributed by atoms with E-state index in [-0.39, 0.29) is 28.8 Å². The van der Waals surface area contributed by atoms with E-state index in [0.29, 0.717) is 17.3 Å². The van der Waals surface area contributed by atoms with Gasteiger partial charge in [-0.3, -0.25) is 4.90 Å². The summed E-state index contributed by atoms with van der Waals surface area (Å²) in [5.74, 6) is 2.42. The van der Waals surface area contributed by atoms with E-state index in [1.807, 2.05) is 18.2 Å². The summed E-state index contributed by atoms with van der Waals surface area (Å²) in [5, 5.41) is 0. The van der Waals surface area contributed by atoms with Gasteiger partial charge in [-0.2, -0.15) is 0 Å². The summed E-state index contributed by atoms with van der Waals surface area (Å²) in [7, 11) is 0. The normalized spacial score (nSPS) is 42.6. The first-order valence-electron chi connectivity index (χ1n) is 16.7. The molecular weight excluding hydrogens is 522 g/mol. The SMILES string of the molecule is C[C@]12CC[C@@]3(C[C@@H]1CC[C@H]1C4CCC5(OCCO5)[C@@]4(C)CC[C@@H]12)CN(Cc1ccccc1)[C@H](c1ccccc1)C(=O)O3. The van der Waals surface area contributed by atoms with Crippen molar-refractivity contribution in [2.75, 3.05) is 19.8 Å². The van der Waals surface area contributed by atoms with E-state index in [2.05, 4.69) is 61.2 Å². The second-order valence-electron chi connectivity index (χ2n) is 15.1. The summed E-state index contributed by atoms with van der Waals surface area (Å²) >= 11 is 0. The van der Waals surface area contributed by atoms with Gasteiger partial charge in [0.15, 0.2) is 5.79 Å². The predicted octanol–water partition coefficient (Wildman–Crippen LogP) is 7.31. The number of rotatable bonds is 3. The summed E-state index contributed by atoms with van der Waals surface area (Å²) in [4.78, 5) is 16.3. The molecule has 0 N–H and O–H groups in total. The minimum absolute atomic E-state index is 0.0677. The van der Waals surface area contributed by atoms with Gasteiger partial charge in [-0.1, -0.05) is 74.5 Å². The molecule has 6 fully saturated rings. The van der Waals surface area contributed by atoms with Gasteiger partial charge < -0.3 is 14.2 Å². The van der Waals surface area contributed by atoms with E-state index >= 15 is 0 Å². The Morgan fingerprint density at radius 2 is 1.52 bits per heavy atom. The minimum Gasteiger partial charge on any atom is -0.456 e. The van der Waals surface area contributed by atoms with Crippen molar-refractivity contribution < 1.29 is 19.0 Å². The molecule has 0 bridgehead atoms. The van der Waals surface area contributed by atoms with Gasteiger partial charge in [0.2, 0.25) is 0 Å². The molecule has 4 saturated carbocycles. The van der Waals surface area contributed by atoms with Crippen molar-refractivity contribution in [2.24, 2.45) is 34.5 Å². The van der Waals surface area contributed by atoms with E-state index in [0.717, 1.165) is 69.4 Å². The van der Waals surface area contributed by atoms with E-state index in [4.69, 9.17) is 14.2 Å². The first-order valence-corrected chi connectivity index (χ1v) is 16.7. The highest BCUT2D eigenvalue weighted by molar-refractivity contribution is 5.79. The van der Waals surface area contributed by atoms with Crippen LogP contribution in [0.15, 0.2) is 60.7 Å². The number of ether oxygens (including phenoxy) is 3. The third-order valence-electron chi connectivity index (χ3n) is 13.3. The van der Waals surface area contributed by atoms with Crippen molar-refractivity contribution in [3.63, 3.8) is 0 Å². The average Bonchev–Trinajstić information content (AvgIpc) is 3.60. The Labute approximate surface area is 251 Å². The third kappa shape index (κ3) is 4.02. The van der Waals surface area contributed by atoms with E-state index in [1.54, 1.807) is 0 Å². The lowest BCUT2D eigenvalue weighted by molar-refractivity contribution is -0.251. The van der Waals surface area contributed by atoms with Crippen LogP contribution in [0, 0.1) is 34.5 Å². The first-order chi connectivity index (χ1) is 20.3. The molecule has 224 valence electrons. The van der Waals surface area contributed by atoms with Crippen molar-refractivity contribution in [3.8, 4) is 0 Å². The first kappa shape index (κ1) is 27.3. The van der Waals surface area contributed by atoms with Crippen molar-refractivity contribution in [1.82, 2.24) is 4.90 Å². The summed E-state index contributed by atoms with van der Waals surface area (Å²) in [6.07, 6.45) is 10.5. The van der Waals surface area contributed by atoms with Gasteiger partial charge in [0, 0.05) is 24.9 Å². The molecule has 5 heteroatoms. The zero-order valence-electron chi connectivity index (χ0n) is 25.4. The molecular formula is C37H47NO4. The van der Waals surface area contributed by atoms with Crippen LogP contribution in [0.3, 0.4) is 0 Å². The highest BCUT2D eigenvalue weighted by atomic mass is 16.7. The van der Waals surface area contributed by atoms with Gasteiger partial charge in [-0.15, -0.1) is 0 Å².